The number of carbonyl (C=O) groups excluding carboxylic acids is 1. The highest BCUT2D eigenvalue weighted by molar-refractivity contribution is 8.00. The second-order valence-corrected chi connectivity index (χ2v) is 9.56. The van der Waals surface area contributed by atoms with E-state index in [2.05, 4.69) is 10.3 Å². The molecule has 0 atom stereocenters. The number of benzene rings is 2. The average Bonchev–Trinajstić information content (AvgIpc) is 2.78. The van der Waals surface area contributed by atoms with Gasteiger partial charge in [-0.05, 0) is 42.0 Å². The fourth-order valence-electron chi connectivity index (χ4n) is 2.69. The van der Waals surface area contributed by atoms with Gasteiger partial charge >= 0.3 is 0 Å². The van der Waals surface area contributed by atoms with Crippen molar-refractivity contribution >= 4 is 27.5 Å². The summed E-state index contributed by atoms with van der Waals surface area (Å²) in [4.78, 5) is 17.2. The van der Waals surface area contributed by atoms with Crippen LogP contribution in [0.2, 0.25) is 0 Å². The Bertz CT molecular complexity index is 1090. The molecule has 0 aliphatic rings. The zero-order chi connectivity index (χ0) is 21.4. The van der Waals surface area contributed by atoms with Gasteiger partial charge in [0.25, 0.3) is 5.91 Å². The van der Waals surface area contributed by atoms with E-state index in [0.717, 1.165) is 11.3 Å². The predicted octanol–water partition coefficient (Wildman–Crippen LogP) is 3.59. The number of nitrogens with one attached hydrogen (secondary N) is 1. The number of pyridine rings is 1. The smallest absolute Gasteiger partial charge is 0.254 e. The van der Waals surface area contributed by atoms with Crippen molar-refractivity contribution in [1.82, 2.24) is 10.3 Å². The Kier molecular flexibility index (Phi) is 7.48. The first kappa shape index (κ1) is 21.9. The van der Waals surface area contributed by atoms with E-state index in [1.54, 1.807) is 55.8 Å². The van der Waals surface area contributed by atoms with E-state index in [1.165, 1.54) is 11.8 Å². The lowest BCUT2D eigenvalue weighted by molar-refractivity contribution is 0.0947. The van der Waals surface area contributed by atoms with Gasteiger partial charge in [-0.2, -0.15) is 0 Å². The van der Waals surface area contributed by atoms with Crippen LogP contribution in [0.4, 0.5) is 0 Å². The largest absolute Gasteiger partial charge is 0.497 e. The van der Waals surface area contributed by atoms with E-state index < -0.39 is 9.84 Å². The average molecular weight is 443 g/mol. The molecule has 0 saturated heterocycles. The molecule has 0 bridgehead atoms. The Morgan fingerprint density at radius 2 is 1.77 bits per heavy atom. The van der Waals surface area contributed by atoms with Crippen LogP contribution in [-0.2, 0) is 16.4 Å². The highest BCUT2D eigenvalue weighted by atomic mass is 32.2. The van der Waals surface area contributed by atoms with Crippen molar-refractivity contribution in [3.05, 3.63) is 84.1 Å². The molecule has 0 aliphatic carbocycles. The van der Waals surface area contributed by atoms with Crippen LogP contribution in [0.15, 0.2) is 82.8 Å². The second kappa shape index (κ2) is 10.3. The third kappa shape index (κ3) is 5.84. The molecule has 0 radical (unpaired) electrons. The monoisotopic (exact) mass is 442 g/mol. The third-order valence-electron chi connectivity index (χ3n) is 4.32. The topological polar surface area (TPSA) is 85.4 Å². The first-order valence-corrected chi connectivity index (χ1v) is 11.9. The summed E-state index contributed by atoms with van der Waals surface area (Å²) in [6.07, 6.45) is 1.59. The van der Waals surface area contributed by atoms with Gasteiger partial charge in [-0.1, -0.05) is 30.3 Å². The molecule has 0 spiro atoms. The van der Waals surface area contributed by atoms with Gasteiger partial charge in [-0.25, -0.2) is 13.4 Å². The fourth-order valence-corrected chi connectivity index (χ4v) is 5.36. The summed E-state index contributed by atoms with van der Waals surface area (Å²) in [5.74, 6) is 0.756. The van der Waals surface area contributed by atoms with Crippen molar-refractivity contribution in [2.75, 3.05) is 18.6 Å². The number of methoxy groups -OCH3 is 1. The first-order valence-electron chi connectivity index (χ1n) is 9.26. The van der Waals surface area contributed by atoms with Crippen molar-refractivity contribution in [2.45, 2.75) is 16.5 Å². The number of sulfone groups is 1. The minimum absolute atomic E-state index is 0.0365. The van der Waals surface area contributed by atoms with Crippen molar-refractivity contribution in [2.24, 2.45) is 0 Å². The Balaban J connectivity index is 1.60. The van der Waals surface area contributed by atoms with E-state index >= 15 is 0 Å². The number of hydrogen-bond donors (Lipinski definition) is 1. The van der Waals surface area contributed by atoms with Gasteiger partial charge in [-0.15, -0.1) is 11.8 Å². The number of nitrogens with zero attached hydrogens (tertiary/aromatic N) is 1. The molecule has 0 fully saturated rings. The molecule has 2 aromatic carbocycles. The molecule has 3 rings (SSSR count). The Hall–Kier alpha value is -2.84. The molecular formula is C22H22N2O4S2. The van der Waals surface area contributed by atoms with Crippen LogP contribution >= 0.6 is 11.8 Å². The lowest BCUT2D eigenvalue weighted by atomic mass is 10.2. The van der Waals surface area contributed by atoms with Crippen LogP contribution in [0.5, 0.6) is 5.75 Å². The molecule has 156 valence electrons. The maximum Gasteiger partial charge on any atom is 0.254 e. The van der Waals surface area contributed by atoms with Crippen molar-refractivity contribution in [3.63, 3.8) is 0 Å². The van der Waals surface area contributed by atoms with Crippen LogP contribution < -0.4 is 10.1 Å². The summed E-state index contributed by atoms with van der Waals surface area (Å²) >= 11 is 1.26. The van der Waals surface area contributed by atoms with E-state index in [-0.39, 0.29) is 11.7 Å². The molecule has 30 heavy (non-hydrogen) atoms. The van der Waals surface area contributed by atoms with Gasteiger partial charge in [0.05, 0.1) is 23.3 Å². The number of thioether (sulfide) groups is 1. The zero-order valence-electron chi connectivity index (χ0n) is 16.4. The van der Waals surface area contributed by atoms with Crippen molar-refractivity contribution < 1.29 is 17.9 Å². The second-order valence-electron chi connectivity index (χ2n) is 6.37. The molecule has 0 saturated carbocycles. The molecule has 8 heteroatoms. The SMILES string of the molecule is COc1ccc(CNC(=O)c2cccnc2SCCS(=O)(=O)c2ccccc2)cc1. The molecule has 0 unspecified atom stereocenters. The van der Waals surface area contributed by atoms with Crippen molar-refractivity contribution in [3.8, 4) is 5.75 Å². The highest BCUT2D eigenvalue weighted by Gasteiger charge is 2.16. The maximum absolute atomic E-state index is 12.6. The Labute approximate surface area is 180 Å². The Morgan fingerprint density at radius 1 is 1.03 bits per heavy atom. The van der Waals surface area contributed by atoms with Gasteiger partial charge in [0.2, 0.25) is 0 Å². The van der Waals surface area contributed by atoms with E-state index in [4.69, 9.17) is 4.74 Å². The molecule has 1 N–H and O–H groups in total. The summed E-state index contributed by atoms with van der Waals surface area (Å²) < 4.78 is 30.0. The number of rotatable bonds is 9. The summed E-state index contributed by atoms with van der Waals surface area (Å²) in [7, 11) is -1.77. The number of amides is 1. The maximum atomic E-state index is 12.6. The van der Waals surface area contributed by atoms with E-state index in [9.17, 15) is 13.2 Å². The van der Waals surface area contributed by atoms with Gasteiger partial charge in [0.15, 0.2) is 9.84 Å². The highest BCUT2D eigenvalue weighted by Crippen LogP contribution is 2.22. The fraction of sp³-hybridized carbons (Fsp3) is 0.182. The number of ether oxygens (including phenoxy) is 1. The third-order valence-corrected chi connectivity index (χ3v) is 7.32. The van der Waals surface area contributed by atoms with Crippen LogP contribution in [0.3, 0.4) is 0 Å². The molecular weight excluding hydrogens is 420 g/mol. The standard InChI is InChI=1S/C22H22N2O4S2/c1-28-18-11-9-17(10-12-18)16-24-21(25)20-8-5-13-23-22(20)29-14-15-30(26,27)19-6-3-2-4-7-19/h2-13H,14-16H2,1H3,(H,24,25). The summed E-state index contributed by atoms with van der Waals surface area (Å²) in [6.45, 7) is 0.365. The van der Waals surface area contributed by atoms with Crippen LogP contribution in [-0.4, -0.2) is 37.9 Å². The zero-order valence-corrected chi connectivity index (χ0v) is 18.1. The predicted molar refractivity (Wildman–Crippen MR) is 118 cm³/mol. The first-order chi connectivity index (χ1) is 14.5. The molecule has 6 nitrogen and oxygen atoms in total. The normalized spacial score (nSPS) is 11.1. The van der Waals surface area contributed by atoms with Crippen LogP contribution in [0, 0.1) is 0 Å². The van der Waals surface area contributed by atoms with Gasteiger partial charge < -0.3 is 10.1 Å². The molecule has 1 amide bonds. The minimum atomic E-state index is -3.37. The Morgan fingerprint density at radius 3 is 2.47 bits per heavy atom. The molecule has 0 aliphatic heterocycles. The summed E-state index contributed by atoms with van der Waals surface area (Å²) in [6, 6.07) is 19.1. The van der Waals surface area contributed by atoms with E-state index in [0.29, 0.717) is 27.8 Å². The molecule has 1 heterocycles. The van der Waals surface area contributed by atoms with Crippen LogP contribution in [0.25, 0.3) is 0 Å². The number of carbonyl (C=O) groups is 1. The summed E-state index contributed by atoms with van der Waals surface area (Å²) in [5, 5.41) is 3.38. The molecule has 1 aromatic heterocycles. The van der Waals surface area contributed by atoms with Crippen molar-refractivity contribution in [1.29, 1.82) is 0 Å². The quantitative estimate of drug-likeness (QED) is 0.510. The van der Waals surface area contributed by atoms with E-state index in [1.807, 2.05) is 24.3 Å². The van der Waals surface area contributed by atoms with Gasteiger partial charge in [0.1, 0.15) is 10.8 Å². The summed E-state index contributed by atoms with van der Waals surface area (Å²) in [5.41, 5.74) is 1.37. The lowest BCUT2D eigenvalue weighted by Gasteiger charge is -2.10. The lowest BCUT2D eigenvalue weighted by Crippen LogP contribution is -2.23. The molecule has 3 aromatic rings. The minimum Gasteiger partial charge on any atom is -0.497 e. The number of aromatic nitrogens is 1. The van der Waals surface area contributed by atoms with Crippen LogP contribution in [0.1, 0.15) is 15.9 Å². The number of hydrogen-bond acceptors (Lipinski definition) is 6. The van der Waals surface area contributed by atoms with Gasteiger partial charge in [0, 0.05) is 18.5 Å². The van der Waals surface area contributed by atoms with Gasteiger partial charge in [-0.3, -0.25) is 4.79 Å².